The van der Waals surface area contributed by atoms with E-state index in [-0.39, 0.29) is 16.8 Å². The van der Waals surface area contributed by atoms with Crippen LogP contribution in [0.1, 0.15) is 21.5 Å². The first-order chi connectivity index (χ1) is 13.2. The fourth-order valence-electron chi connectivity index (χ4n) is 2.23. The summed E-state index contributed by atoms with van der Waals surface area (Å²) >= 11 is 0. The van der Waals surface area contributed by atoms with Gasteiger partial charge in [0.1, 0.15) is 0 Å². The lowest BCUT2D eigenvalue weighted by molar-refractivity contribution is -0.525. The summed E-state index contributed by atoms with van der Waals surface area (Å²) in [6.07, 6.45) is 1.04. The Labute approximate surface area is 157 Å². The van der Waals surface area contributed by atoms with Gasteiger partial charge in [-0.25, -0.2) is 19.9 Å². The van der Waals surface area contributed by atoms with Gasteiger partial charge in [0, 0.05) is 17.7 Å². The molecule has 12 nitrogen and oxygen atoms in total. The molecule has 0 fully saturated rings. The quantitative estimate of drug-likeness (QED) is 0.118. The number of nitro groups is 1. The third kappa shape index (κ3) is 5.08. The highest BCUT2D eigenvalue weighted by atomic mass is 16.7. The first kappa shape index (κ1) is 20.0. The standard InChI is InChI=1S/C16H15N5O7/c17-16(19-21(27)28)18-7-9-2-1-3-10(4-9)8-20(26)14-12(22)5-11(15(24)25)6-13(14)23/h1-6,8,22-23H,7H2,(H,24,25)(H3,17,18,19)/b20-8-. The van der Waals surface area contributed by atoms with Crippen LogP contribution in [-0.4, -0.2) is 43.2 Å². The molecule has 0 saturated carbocycles. The number of aromatic carboxylic acids is 1. The number of benzene rings is 2. The lowest BCUT2D eigenvalue weighted by atomic mass is 10.1. The Bertz CT molecular complexity index is 964. The number of phenols is 2. The molecule has 0 amide bonds. The molecule has 0 aromatic heterocycles. The number of phenolic OH excluding ortho intramolecular Hbond substituents is 2. The molecule has 2 aromatic rings. The molecule has 0 atom stereocenters. The van der Waals surface area contributed by atoms with Crippen LogP contribution in [0.3, 0.4) is 0 Å². The van der Waals surface area contributed by atoms with Crippen molar-refractivity contribution in [3.8, 4) is 11.5 Å². The van der Waals surface area contributed by atoms with Gasteiger partial charge in [-0.2, -0.15) is 4.74 Å². The molecule has 6 N–H and O–H groups in total. The Balaban J connectivity index is 2.28. The number of hydrogen-bond acceptors (Lipinski definition) is 7. The minimum absolute atomic E-state index is 0.00296. The van der Waals surface area contributed by atoms with E-state index in [9.17, 15) is 30.3 Å². The predicted octanol–water partition coefficient (Wildman–Crippen LogP) is 0.653. The number of carbonyl (C=O) groups is 1. The number of rotatable bonds is 6. The van der Waals surface area contributed by atoms with Gasteiger partial charge in [0.25, 0.3) is 5.96 Å². The maximum absolute atomic E-state index is 12.3. The van der Waals surface area contributed by atoms with E-state index in [4.69, 9.17) is 10.8 Å². The monoisotopic (exact) mass is 389 g/mol. The zero-order valence-electron chi connectivity index (χ0n) is 14.1. The molecule has 2 aromatic carbocycles. The molecule has 12 heteroatoms. The summed E-state index contributed by atoms with van der Waals surface area (Å²) < 4.78 is 0.182. The Kier molecular flexibility index (Phi) is 5.96. The largest absolute Gasteiger partial charge is 0.618 e. The second kappa shape index (κ2) is 8.35. The fourth-order valence-corrected chi connectivity index (χ4v) is 2.23. The number of aromatic hydroxyl groups is 2. The van der Waals surface area contributed by atoms with E-state index in [1.807, 2.05) is 0 Å². The molecular weight excluding hydrogens is 374 g/mol. The molecular formula is C16H15N5O7. The molecule has 146 valence electrons. The Hall–Kier alpha value is -4.35. The van der Waals surface area contributed by atoms with Crippen molar-refractivity contribution >= 4 is 23.8 Å². The number of nitrogens with one attached hydrogen (secondary N) is 1. The summed E-state index contributed by atoms with van der Waals surface area (Å²) in [7, 11) is 0. The van der Waals surface area contributed by atoms with Gasteiger partial charge >= 0.3 is 11.7 Å². The Morgan fingerprint density at radius 3 is 2.43 bits per heavy atom. The van der Waals surface area contributed by atoms with Crippen molar-refractivity contribution in [3.05, 3.63) is 68.4 Å². The summed E-state index contributed by atoms with van der Waals surface area (Å²) in [5.41, 5.74) is 7.05. The molecule has 0 unspecified atom stereocenters. The second-order valence-corrected chi connectivity index (χ2v) is 5.44. The van der Waals surface area contributed by atoms with Crippen LogP contribution in [0.15, 0.2) is 41.4 Å². The van der Waals surface area contributed by atoms with Gasteiger partial charge in [0.05, 0.1) is 12.1 Å². The molecule has 2 rings (SSSR count). The van der Waals surface area contributed by atoms with Crippen LogP contribution >= 0.6 is 0 Å². The molecule has 0 aliphatic heterocycles. The molecule has 0 radical (unpaired) electrons. The number of carboxylic acid groups (broad SMARTS) is 1. The summed E-state index contributed by atoms with van der Waals surface area (Å²) in [5, 5.41) is 50.3. The number of hydrazine groups is 1. The molecule has 0 bridgehead atoms. The first-order valence-electron chi connectivity index (χ1n) is 7.57. The van der Waals surface area contributed by atoms with Gasteiger partial charge in [0.15, 0.2) is 22.7 Å². The van der Waals surface area contributed by atoms with Crippen molar-refractivity contribution in [2.75, 3.05) is 0 Å². The Morgan fingerprint density at radius 2 is 1.86 bits per heavy atom. The highest BCUT2D eigenvalue weighted by molar-refractivity contribution is 5.90. The number of guanidine groups is 1. The lowest BCUT2D eigenvalue weighted by Crippen LogP contribution is -2.36. The van der Waals surface area contributed by atoms with E-state index in [0.717, 1.165) is 18.3 Å². The summed E-state index contributed by atoms with van der Waals surface area (Å²) in [6, 6.07) is 8.00. The van der Waals surface area contributed by atoms with Crippen LogP contribution in [0.25, 0.3) is 0 Å². The van der Waals surface area contributed by atoms with Crippen molar-refractivity contribution in [1.82, 2.24) is 5.43 Å². The second-order valence-electron chi connectivity index (χ2n) is 5.44. The Morgan fingerprint density at radius 1 is 1.21 bits per heavy atom. The van der Waals surface area contributed by atoms with Crippen LogP contribution in [0.4, 0.5) is 5.69 Å². The summed E-state index contributed by atoms with van der Waals surface area (Å²) in [5.74, 6) is -3.18. The molecule has 28 heavy (non-hydrogen) atoms. The number of carboxylic acids is 1. The molecule has 0 heterocycles. The van der Waals surface area contributed by atoms with Gasteiger partial charge < -0.3 is 26.3 Å². The number of nitrogens with zero attached hydrogens (tertiary/aromatic N) is 3. The van der Waals surface area contributed by atoms with E-state index < -0.39 is 34.1 Å². The van der Waals surface area contributed by atoms with Crippen LogP contribution in [0, 0.1) is 15.3 Å². The predicted molar refractivity (Wildman–Crippen MR) is 97.1 cm³/mol. The van der Waals surface area contributed by atoms with E-state index in [0.29, 0.717) is 11.1 Å². The SMILES string of the molecule is NC(=NCc1cccc(/C=[N+](\[O-])c2c(O)cc(C(=O)O)cc2O)c1)N[N+](=O)[O-]. The highest BCUT2D eigenvalue weighted by Crippen LogP contribution is 2.36. The number of nitrogens with two attached hydrogens (primary N) is 1. The molecule has 0 saturated heterocycles. The zero-order valence-corrected chi connectivity index (χ0v) is 14.1. The topological polar surface area (TPSA) is 197 Å². The first-order valence-corrected chi connectivity index (χ1v) is 7.57. The number of aliphatic imine (C=N–C) groups is 1. The van der Waals surface area contributed by atoms with Gasteiger partial charge in [0.2, 0.25) is 0 Å². The smallest absolute Gasteiger partial charge is 0.335 e. The van der Waals surface area contributed by atoms with Crippen molar-refractivity contribution in [1.29, 1.82) is 0 Å². The van der Waals surface area contributed by atoms with Gasteiger partial charge in [-0.3, -0.25) is 0 Å². The van der Waals surface area contributed by atoms with Crippen molar-refractivity contribution in [2.45, 2.75) is 6.54 Å². The van der Waals surface area contributed by atoms with Crippen molar-refractivity contribution in [2.24, 2.45) is 10.7 Å². The minimum Gasteiger partial charge on any atom is -0.618 e. The lowest BCUT2D eigenvalue weighted by Gasteiger charge is -2.08. The average molecular weight is 389 g/mol. The number of hydrogen-bond donors (Lipinski definition) is 5. The molecule has 0 aliphatic rings. The van der Waals surface area contributed by atoms with Gasteiger partial charge in [-0.15, -0.1) is 0 Å². The van der Waals surface area contributed by atoms with Crippen LogP contribution in [-0.2, 0) is 6.54 Å². The van der Waals surface area contributed by atoms with E-state index in [1.54, 1.807) is 23.6 Å². The van der Waals surface area contributed by atoms with Gasteiger partial charge in [-0.1, -0.05) is 17.6 Å². The van der Waals surface area contributed by atoms with E-state index in [2.05, 4.69) is 4.99 Å². The third-order valence-corrected chi connectivity index (χ3v) is 3.39. The van der Waals surface area contributed by atoms with E-state index >= 15 is 0 Å². The maximum Gasteiger partial charge on any atom is 0.335 e. The summed E-state index contributed by atoms with van der Waals surface area (Å²) in [4.78, 5) is 24.9. The van der Waals surface area contributed by atoms with Crippen molar-refractivity contribution < 1.29 is 29.9 Å². The van der Waals surface area contributed by atoms with Crippen LogP contribution in [0.5, 0.6) is 11.5 Å². The summed E-state index contributed by atoms with van der Waals surface area (Å²) in [6.45, 7) is -0.00296. The zero-order chi connectivity index (χ0) is 20.8. The average Bonchev–Trinajstić information content (AvgIpc) is 2.59. The van der Waals surface area contributed by atoms with Crippen LogP contribution in [0.2, 0.25) is 0 Å². The van der Waals surface area contributed by atoms with Crippen molar-refractivity contribution in [3.63, 3.8) is 0 Å². The van der Waals surface area contributed by atoms with Gasteiger partial charge in [-0.05, 0) is 17.7 Å². The highest BCUT2D eigenvalue weighted by Gasteiger charge is 2.20. The molecule has 0 aliphatic carbocycles. The normalized spacial score (nSPS) is 11.9. The van der Waals surface area contributed by atoms with Crippen LogP contribution < -0.4 is 11.2 Å². The van der Waals surface area contributed by atoms with E-state index in [1.165, 1.54) is 6.07 Å². The molecule has 0 spiro atoms. The fraction of sp³-hybridized carbons (Fsp3) is 0.0625. The maximum atomic E-state index is 12.3. The minimum atomic E-state index is -1.38. The third-order valence-electron chi connectivity index (χ3n) is 3.39.